The fourth-order valence-corrected chi connectivity index (χ4v) is 2.71. The summed E-state index contributed by atoms with van der Waals surface area (Å²) >= 11 is 0. The highest BCUT2D eigenvalue weighted by atomic mass is 32.2. The lowest BCUT2D eigenvalue weighted by Crippen LogP contribution is -2.25. The van der Waals surface area contributed by atoms with E-state index in [1.807, 2.05) is 32.9 Å². The molecule has 1 rings (SSSR count). The Balaban J connectivity index is 2.61. The van der Waals surface area contributed by atoms with Crippen molar-refractivity contribution in [2.24, 2.45) is 5.92 Å². The predicted molar refractivity (Wildman–Crippen MR) is 82.7 cm³/mol. The van der Waals surface area contributed by atoms with Gasteiger partial charge in [0.25, 0.3) is 0 Å². The number of carbonyl (C=O) groups excluding carboxylic acids is 1. The van der Waals surface area contributed by atoms with Gasteiger partial charge in [-0.3, -0.25) is 4.79 Å². The fraction of sp³-hybridized carbons (Fsp3) is 0.500. The van der Waals surface area contributed by atoms with E-state index in [2.05, 4.69) is 10.6 Å². The van der Waals surface area contributed by atoms with Crippen molar-refractivity contribution in [3.63, 3.8) is 0 Å². The Morgan fingerprint density at radius 2 is 1.60 bits per heavy atom. The molecule has 0 spiro atoms. The average Bonchev–Trinajstić information content (AvgIpc) is 2.28. The molecule has 0 saturated carbocycles. The van der Waals surface area contributed by atoms with E-state index in [1.54, 1.807) is 12.1 Å². The van der Waals surface area contributed by atoms with Crippen LogP contribution in [-0.2, 0) is 14.6 Å². The summed E-state index contributed by atoms with van der Waals surface area (Å²) in [6.07, 6.45) is 1.22. The van der Waals surface area contributed by atoms with E-state index in [4.69, 9.17) is 0 Å². The molecule has 0 heterocycles. The van der Waals surface area contributed by atoms with E-state index in [0.717, 1.165) is 11.4 Å². The molecule has 0 fully saturated rings. The minimum absolute atomic E-state index is 0.0313. The Morgan fingerprint density at radius 1 is 1.10 bits per heavy atom. The number of anilines is 2. The summed E-state index contributed by atoms with van der Waals surface area (Å²) in [5, 5.41) is 5.91. The highest BCUT2D eigenvalue weighted by molar-refractivity contribution is 7.90. The molecule has 0 bridgehead atoms. The van der Waals surface area contributed by atoms with E-state index in [0.29, 0.717) is 0 Å². The molecular weight excluding hydrogens is 276 g/mol. The van der Waals surface area contributed by atoms with Crippen LogP contribution in [0.4, 0.5) is 11.4 Å². The van der Waals surface area contributed by atoms with Crippen LogP contribution >= 0.6 is 0 Å². The van der Waals surface area contributed by atoms with Gasteiger partial charge in [0, 0.05) is 29.6 Å². The summed E-state index contributed by atoms with van der Waals surface area (Å²) in [7, 11) is -3.00. The van der Waals surface area contributed by atoms with Crippen LogP contribution in [0.3, 0.4) is 0 Å². The zero-order chi connectivity index (χ0) is 15.3. The van der Waals surface area contributed by atoms with Crippen molar-refractivity contribution in [1.82, 2.24) is 0 Å². The van der Waals surface area contributed by atoms with Crippen LogP contribution in [-0.4, -0.2) is 32.4 Å². The van der Waals surface area contributed by atoms with Crippen LogP contribution in [0, 0.1) is 5.92 Å². The molecule has 1 aromatic rings. The lowest BCUT2D eigenvalue weighted by atomic mass is 10.2. The van der Waals surface area contributed by atoms with Crippen molar-refractivity contribution in [2.45, 2.75) is 26.8 Å². The number of hydrogen-bond donors (Lipinski definition) is 2. The molecule has 0 saturated heterocycles. The molecule has 20 heavy (non-hydrogen) atoms. The first-order chi connectivity index (χ1) is 9.17. The van der Waals surface area contributed by atoms with Gasteiger partial charge in [-0.25, -0.2) is 8.42 Å². The third kappa shape index (κ3) is 6.06. The minimum Gasteiger partial charge on any atom is -0.382 e. The number of sulfone groups is 1. The Bertz CT molecular complexity index is 550. The van der Waals surface area contributed by atoms with Gasteiger partial charge < -0.3 is 10.6 Å². The molecule has 1 aromatic carbocycles. The first kappa shape index (κ1) is 16.5. The van der Waals surface area contributed by atoms with Gasteiger partial charge in [-0.1, -0.05) is 13.8 Å². The summed E-state index contributed by atoms with van der Waals surface area (Å²) in [5.74, 6) is -0.0162. The van der Waals surface area contributed by atoms with E-state index >= 15 is 0 Å². The van der Waals surface area contributed by atoms with Gasteiger partial charge in [0.1, 0.15) is 9.84 Å². The van der Waals surface area contributed by atoms with Crippen molar-refractivity contribution in [3.05, 3.63) is 24.3 Å². The lowest BCUT2D eigenvalue weighted by Gasteiger charge is -2.15. The number of carbonyl (C=O) groups is 1. The number of hydrogen-bond acceptors (Lipinski definition) is 4. The van der Waals surface area contributed by atoms with E-state index < -0.39 is 9.84 Å². The van der Waals surface area contributed by atoms with E-state index in [-0.39, 0.29) is 23.6 Å². The van der Waals surface area contributed by atoms with Crippen LogP contribution in [0.1, 0.15) is 20.8 Å². The number of amides is 1. The molecule has 0 aromatic heterocycles. The van der Waals surface area contributed by atoms with Crippen LogP contribution in [0.25, 0.3) is 0 Å². The Morgan fingerprint density at radius 3 is 2.05 bits per heavy atom. The SMILES string of the molecule is CC(CS(C)(=O)=O)Nc1ccc(NC(=O)C(C)C)cc1. The fourth-order valence-electron chi connectivity index (χ4n) is 1.72. The number of nitrogens with one attached hydrogen (secondary N) is 2. The summed E-state index contributed by atoms with van der Waals surface area (Å²) in [4.78, 5) is 11.5. The zero-order valence-corrected chi connectivity index (χ0v) is 13.1. The summed E-state index contributed by atoms with van der Waals surface area (Å²) < 4.78 is 22.4. The molecule has 1 unspecified atom stereocenters. The molecule has 5 nitrogen and oxygen atoms in total. The molecule has 1 atom stereocenters. The molecule has 0 radical (unpaired) electrons. The monoisotopic (exact) mass is 298 g/mol. The first-order valence-electron chi connectivity index (χ1n) is 6.52. The van der Waals surface area contributed by atoms with Crippen molar-refractivity contribution in [2.75, 3.05) is 22.6 Å². The normalized spacial score (nSPS) is 13.1. The summed E-state index contributed by atoms with van der Waals surface area (Å²) in [6, 6.07) is 7.04. The van der Waals surface area contributed by atoms with Crippen molar-refractivity contribution in [3.8, 4) is 0 Å². The smallest absolute Gasteiger partial charge is 0.226 e. The maximum absolute atomic E-state index is 11.5. The Labute approximate surface area is 120 Å². The van der Waals surface area contributed by atoms with Gasteiger partial charge in [0.05, 0.1) is 5.75 Å². The third-order valence-electron chi connectivity index (χ3n) is 2.64. The number of rotatable bonds is 6. The molecule has 1 amide bonds. The first-order valence-corrected chi connectivity index (χ1v) is 8.58. The Hall–Kier alpha value is -1.56. The molecule has 0 aliphatic heterocycles. The third-order valence-corrected chi connectivity index (χ3v) is 3.75. The van der Waals surface area contributed by atoms with Crippen molar-refractivity contribution >= 4 is 27.1 Å². The maximum atomic E-state index is 11.5. The molecular formula is C14H22N2O3S. The van der Waals surface area contributed by atoms with Crippen LogP contribution in [0.5, 0.6) is 0 Å². The predicted octanol–water partition coefficient (Wildman–Crippen LogP) is 2.13. The molecule has 0 aliphatic carbocycles. The van der Waals surface area contributed by atoms with E-state index in [9.17, 15) is 13.2 Å². The lowest BCUT2D eigenvalue weighted by molar-refractivity contribution is -0.118. The second kappa shape index (κ2) is 6.74. The highest BCUT2D eigenvalue weighted by Crippen LogP contribution is 2.15. The Kier molecular flexibility index (Phi) is 5.56. The largest absolute Gasteiger partial charge is 0.382 e. The van der Waals surface area contributed by atoms with Gasteiger partial charge in [-0.15, -0.1) is 0 Å². The number of benzene rings is 1. The van der Waals surface area contributed by atoms with Gasteiger partial charge in [0.2, 0.25) is 5.91 Å². The van der Waals surface area contributed by atoms with Gasteiger partial charge in [-0.2, -0.15) is 0 Å². The maximum Gasteiger partial charge on any atom is 0.226 e. The highest BCUT2D eigenvalue weighted by Gasteiger charge is 2.10. The average molecular weight is 298 g/mol. The minimum atomic E-state index is -3.00. The second-order valence-corrected chi connectivity index (χ2v) is 7.54. The van der Waals surface area contributed by atoms with Gasteiger partial charge >= 0.3 is 0 Å². The van der Waals surface area contributed by atoms with Crippen LogP contribution < -0.4 is 10.6 Å². The molecule has 0 aliphatic rings. The van der Waals surface area contributed by atoms with E-state index in [1.165, 1.54) is 6.26 Å². The molecule has 112 valence electrons. The topological polar surface area (TPSA) is 75.3 Å². The van der Waals surface area contributed by atoms with Crippen LogP contribution in [0.2, 0.25) is 0 Å². The summed E-state index contributed by atoms with van der Waals surface area (Å²) in [5.41, 5.74) is 1.55. The van der Waals surface area contributed by atoms with Gasteiger partial charge in [-0.05, 0) is 31.2 Å². The van der Waals surface area contributed by atoms with Gasteiger partial charge in [0.15, 0.2) is 0 Å². The van der Waals surface area contributed by atoms with Crippen molar-refractivity contribution in [1.29, 1.82) is 0 Å². The molecule has 6 heteroatoms. The summed E-state index contributed by atoms with van der Waals surface area (Å²) in [6.45, 7) is 5.48. The zero-order valence-electron chi connectivity index (χ0n) is 12.3. The van der Waals surface area contributed by atoms with Crippen molar-refractivity contribution < 1.29 is 13.2 Å². The standard InChI is InChI=1S/C14H22N2O3S/c1-10(2)14(17)16-13-7-5-12(6-8-13)15-11(3)9-20(4,18)19/h5-8,10-11,15H,9H2,1-4H3,(H,16,17). The second-order valence-electron chi connectivity index (χ2n) is 5.36. The van der Waals surface area contributed by atoms with Crippen LogP contribution in [0.15, 0.2) is 24.3 Å². The quantitative estimate of drug-likeness (QED) is 0.843. The molecule has 2 N–H and O–H groups in total.